The molecule has 0 amide bonds. The standard InChI is InChI=1S/C18H18N2O4/c1-11(2)12-6-8-13(9-7-12)19-15-4-3-5-16(20(23)24)14(15)10-17(19)18(21)22/h3-9,11,17H,10H2,1-2H3,(H,21,22). The fourth-order valence-electron chi connectivity index (χ4n) is 3.16. The van der Waals surface area contributed by atoms with Crippen molar-refractivity contribution < 1.29 is 14.8 Å². The molecule has 1 aliphatic rings. The number of aliphatic carboxylic acids is 1. The summed E-state index contributed by atoms with van der Waals surface area (Å²) in [6.07, 6.45) is 0.119. The van der Waals surface area contributed by atoms with Crippen LogP contribution in [0.5, 0.6) is 0 Å². The Balaban J connectivity index is 2.10. The van der Waals surface area contributed by atoms with Gasteiger partial charge in [-0.2, -0.15) is 0 Å². The number of nitro groups is 1. The molecule has 0 radical (unpaired) electrons. The van der Waals surface area contributed by atoms with Crippen molar-refractivity contribution in [3.8, 4) is 0 Å². The highest BCUT2D eigenvalue weighted by Gasteiger charge is 2.39. The summed E-state index contributed by atoms with van der Waals surface area (Å²) in [5.41, 5.74) is 2.92. The summed E-state index contributed by atoms with van der Waals surface area (Å²) in [6, 6.07) is 11.6. The second kappa shape index (κ2) is 5.96. The third kappa shape index (κ3) is 2.60. The lowest BCUT2D eigenvalue weighted by molar-refractivity contribution is -0.385. The SMILES string of the molecule is CC(C)c1ccc(N2c3cccc([N+](=O)[O-])c3CC2C(=O)O)cc1. The van der Waals surface area contributed by atoms with Gasteiger partial charge >= 0.3 is 5.97 Å². The van der Waals surface area contributed by atoms with Gasteiger partial charge in [-0.25, -0.2) is 4.79 Å². The molecule has 6 nitrogen and oxygen atoms in total. The maximum Gasteiger partial charge on any atom is 0.327 e. The number of nitrogens with zero attached hydrogens (tertiary/aromatic N) is 2. The second-order valence-corrected chi connectivity index (χ2v) is 6.21. The molecule has 1 aliphatic heterocycles. The highest BCUT2D eigenvalue weighted by Crippen LogP contribution is 2.42. The van der Waals surface area contributed by atoms with Crippen LogP contribution in [0.15, 0.2) is 42.5 Å². The number of carboxylic acids is 1. The van der Waals surface area contributed by atoms with E-state index in [1.807, 2.05) is 24.3 Å². The van der Waals surface area contributed by atoms with E-state index in [0.29, 0.717) is 17.2 Å². The number of hydrogen-bond acceptors (Lipinski definition) is 4. The third-order valence-corrected chi connectivity index (χ3v) is 4.41. The molecule has 0 bridgehead atoms. The van der Waals surface area contributed by atoms with Gasteiger partial charge in [-0.15, -0.1) is 0 Å². The van der Waals surface area contributed by atoms with Crippen LogP contribution in [0.2, 0.25) is 0 Å². The smallest absolute Gasteiger partial charge is 0.327 e. The first-order valence-electron chi connectivity index (χ1n) is 7.78. The normalized spacial score (nSPS) is 16.3. The van der Waals surface area contributed by atoms with Crippen molar-refractivity contribution in [3.63, 3.8) is 0 Å². The molecular formula is C18H18N2O4. The van der Waals surface area contributed by atoms with E-state index in [9.17, 15) is 20.0 Å². The molecule has 1 atom stereocenters. The van der Waals surface area contributed by atoms with Crippen molar-refractivity contribution >= 4 is 23.0 Å². The molecule has 0 aromatic heterocycles. The van der Waals surface area contributed by atoms with Crippen LogP contribution in [0.1, 0.15) is 30.9 Å². The number of carbonyl (C=O) groups is 1. The first kappa shape index (κ1) is 16.0. The fourth-order valence-corrected chi connectivity index (χ4v) is 3.16. The molecule has 0 fully saturated rings. The van der Waals surface area contributed by atoms with Gasteiger partial charge in [0.1, 0.15) is 6.04 Å². The van der Waals surface area contributed by atoms with Gasteiger partial charge in [-0.05, 0) is 29.7 Å². The van der Waals surface area contributed by atoms with Crippen molar-refractivity contribution in [2.45, 2.75) is 32.2 Å². The average molecular weight is 326 g/mol. The maximum atomic E-state index is 11.7. The lowest BCUT2D eigenvalue weighted by atomic mass is 10.0. The first-order chi connectivity index (χ1) is 11.4. The Hall–Kier alpha value is -2.89. The molecule has 2 aromatic carbocycles. The van der Waals surface area contributed by atoms with Crippen LogP contribution in [-0.2, 0) is 11.2 Å². The Labute approximate surface area is 139 Å². The summed E-state index contributed by atoms with van der Waals surface area (Å²) in [7, 11) is 0. The summed E-state index contributed by atoms with van der Waals surface area (Å²) in [5, 5.41) is 20.8. The van der Waals surface area contributed by atoms with Crippen LogP contribution in [0.3, 0.4) is 0 Å². The van der Waals surface area contributed by atoms with Crippen LogP contribution in [-0.4, -0.2) is 22.0 Å². The maximum absolute atomic E-state index is 11.7. The Kier molecular flexibility index (Phi) is 3.97. The monoisotopic (exact) mass is 326 g/mol. The number of benzene rings is 2. The molecule has 24 heavy (non-hydrogen) atoms. The van der Waals surface area contributed by atoms with Gasteiger partial charge < -0.3 is 10.0 Å². The molecule has 0 spiro atoms. The summed E-state index contributed by atoms with van der Waals surface area (Å²) in [6.45, 7) is 4.17. The largest absolute Gasteiger partial charge is 0.480 e. The molecule has 1 N–H and O–H groups in total. The minimum atomic E-state index is -0.992. The molecule has 0 saturated heterocycles. The average Bonchev–Trinajstić information content (AvgIpc) is 2.94. The van der Waals surface area contributed by atoms with E-state index in [0.717, 1.165) is 11.3 Å². The molecule has 0 saturated carbocycles. The second-order valence-electron chi connectivity index (χ2n) is 6.21. The molecule has 1 unspecified atom stereocenters. The summed E-state index contributed by atoms with van der Waals surface area (Å²) >= 11 is 0. The van der Waals surface area contributed by atoms with Crippen molar-refractivity contribution in [1.29, 1.82) is 0 Å². The number of rotatable bonds is 4. The molecule has 3 rings (SSSR count). The van der Waals surface area contributed by atoms with Gasteiger partial charge in [0.25, 0.3) is 5.69 Å². The Morgan fingerprint density at radius 1 is 1.25 bits per heavy atom. The zero-order valence-corrected chi connectivity index (χ0v) is 13.5. The Morgan fingerprint density at radius 3 is 2.46 bits per heavy atom. The van der Waals surface area contributed by atoms with Crippen LogP contribution >= 0.6 is 0 Å². The van der Waals surface area contributed by atoms with Crippen LogP contribution in [0, 0.1) is 10.1 Å². The third-order valence-electron chi connectivity index (χ3n) is 4.41. The predicted molar refractivity (Wildman–Crippen MR) is 90.9 cm³/mol. The van der Waals surface area contributed by atoms with Gasteiger partial charge in [0.15, 0.2) is 0 Å². The molecule has 124 valence electrons. The van der Waals surface area contributed by atoms with Gasteiger partial charge in [0.2, 0.25) is 0 Å². The van der Waals surface area contributed by atoms with E-state index in [4.69, 9.17) is 0 Å². The molecular weight excluding hydrogens is 308 g/mol. The Morgan fingerprint density at radius 2 is 1.92 bits per heavy atom. The van der Waals surface area contributed by atoms with Crippen molar-refractivity contribution in [2.24, 2.45) is 0 Å². The highest BCUT2D eigenvalue weighted by atomic mass is 16.6. The number of hydrogen-bond donors (Lipinski definition) is 1. The molecule has 6 heteroatoms. The van der Waals surface area contributed by atoms with Gasteiger partial charge in [-0.1, -0.05) is 32.0 Å². The lowest BCUT2D eigenvalue weighted by Crippen LogP contribution is -2.35. The first-order valence-corrected chi connectivity index (χ1v) is 7.78. The quantitative estimate of drug-likeness (QED) is 0.681. The highest BCUT2D eigenvalue weighted by molar-refractivity contribution is 5.88. The van der Waals surface area contributed by atoms with E-state index >= 15 is 0 Å². The lowest BCUT2D eigenvalue weighted by Gasteiger charge is -2.25. The van der Waals surface area contributed by atoms with E-state index < -0.39 is 16.9 Å². The van der Waals surface area contributed by atoms with E-state index in [-0.39, 0.29) is 12.1 Å². The van der Waals surface area contributed by atoms with Crippen molar-refractivity contribution in [3.05, 3.63) is 63.7 Å². The predicted octanol–water partition coefficient (Wildman–Crippen LogP) is 3.87. The molecule has 0 aliphatic carbocycles. The fraction of sp³-hybridized carbons (Fsp3) is 0.278. The topological polar surface area (TPSA) is 83.7 Å². The van der Waals surface area contributed by atoms with Gasteiger partial charge in [0, 0.05) is 18.2 Å². The van der Waals surface area contributed by atoms with Gasteiger partial charge in [-0.3, -0.25) is 10.1 Å². The number of anilines is 2. The van der Waals surface area contributed by atoms with E-state index in [1.54, 1.807) is 17.0 Å². The summed E-state index contributed by atoms with van der Waals surface area (Å²) in [5.74, 6) is -0.616. The van der Waals surface area contributed by atoms with E-state index in [1.165, 1.54) is 6.07 Å². The van der Waals surface area contributed by atoms with Crippen LogP contribution in [0.25, 0.3) is 0 Å². The van der Waals surface area contributed by atoms with Crippen LogP contribution < -0.4 is 4.90 Å². The number of fused-ring (bicyclic) bond motifs is 1. The van der Waals surface area contributed by atoms with E-state index in [2.05, 4.69) is 13.8 Å². The number of carboxylic acid groups (broad SMARTS) is 1. The van der Waals surface area contributed by atoms with Crippen LogP contribution in [0.4, 0.5) is 17.1 Å². The minimum absolute atomic E-state index is 0.0277. The zero-order valence-electron chi connectivity index (χ0n) is 13.5. The molecule has 1 heterocycles. The Bertz CT molecular complexity index is 799. The summed E-state index contributed by atoms with van der Waals surface area (Å²) < 4.78 is 0. The summed E-state index contributed by atoms with van der Waals surface area (Å²) in [4.78, 5) is 24.2. The number of nitro benzene ring substituents is 1. The van der Waals surface area contributed by atoms with Crippen molar-refractivity contribution in [2.75, 3.05) is 4.90 Å². The zero-order chi connectivity index (χ0) is 17.4. The molecule has 2 aromatic rings. The van der Waals surface area contributed by atoms with Crippen molar-refractivity contribution in [1.82, 2.24) is 0 Å². The minimum Gasteiger partial charge on any atom is -0.480 e. The van der Waals surface area contributed by atoms with Gasteiger partial charge in [0.05, 0.1) is 16.2 Å².